The third-order valence-corrected chi connectivity index (χ3v) is 3.78. The Labute approximate surface area is 112 Å². The smallest absolute Gasteiger partial charge is 0.0410 e. The van der Waals surface area contributed by atoms with Crippen LogP contribution in [0.4, 0.5) is 0 Å². The van der Waals surface area contributed by atoms with Crippen LogP contribution in [0.3, 0.4) is 0 Å². The normalized spacial score (nSPS) is 17.4. The molecule has 1 unspecified atom stereocenters. The van der Waals surface area contributed by atoms with Gasteiger partial charge < -0.3 is 5.32 Å². The molecular formula is C13H20BrN3. The van der Waals surface area contributed by atoms with Gasteiger partial charge in [0.1, 0.15) is 0 Å². The van der Waals surface area contributed by atoms with E-state index in [1.165, 1.54) is 18.4 Å². The molecule has 3 nitrogen and oxygen atoms in total. The highest BCUT2D eigenvalue weighted by Gasteiger charge is 2.28. The first-order valence-corrected chi connectivity index (χ1v) is 6.98. The van der Waals surface area contributed by atoms with Crippen LogP contribution in [0.5, 0.6) is 0 Å². The highest BCUT2D eigenvalue weighted by atomic mass is 79.9. The van der Waals surface area contributed by atoms with Gasteiger partial charge in [0, 0.05) is 42.0 Å². The topological polar surface area (TPSA) is 28.2 Å². The number of nitrogens with zero attached hydrogens (tertiary/aromatic N) is 2. The van der Waals surface area contributed by atoms with E-state index in [9.17, 15) is 0 Å². The van der Waals surface area contributed by atoms with Gasteiger partial charge in [-0.05, 0) is 54.4 Å². The molecule has 0 aromatic carbocycles. The van der Waals surface area contributed by atoms with Gasteiger partial charge in [0.2, 0.25) is 0 Å². The Morgan fingerprint density at radius 1 is 1.53 bits per heavy atom. The lowest BCUT2D eigenvalue weighted by molar-refractivity contribution is 0.241. The maximum Gasteiger partial charge on any atom is 0.0410 e. The lowest BCUT2D eigenvalue weighted by atomic mass is 10.2. The maximum absolute atomic E-state index is 4.16. The van der Waals surface area contributed by atoms with Gasteiger partial charge in [0.25, 0.3) is 0 Å². The summed E-state index contributed by atoms with van der Waals surface area (Å²) in [5.74, 6) is 0. The third kappa shape index (κ3) is 4.05. The number of likely N-dealkylation sites (N-methyl/N-ethyl adjacent to an activating group) is 1. The van der Waals surface area contributed by atoms with E-state index >= 15 is 0 Å². The van der Waals surface area contributed by atoms with Crippen LogP contribution in [0.15, 0.2) is 22.9 Å². The molecule has 17 heavy (non-hydrogen) atoms. The number of hydrogen-bond donors (Lipinski definition) is 1. The van der Waals surface area contributed by atoms with Crippen molar-refractivity contribution in [2.24, 2.45) is 0 Å². The van der Waals surface area contributed by atoms with E-state index in [1.807, 2.05) is 12.4 Å². The van der Waals surface area contributed by atoms with Crippen molar-refractivity contribution in [3.63, 3.8) is 0 Å². The maximum atomic E-state index is 4.16. The van der Waals surface area contributed by atoms with Crippen molar-refractivity contribution in [3.05, 3.63) is 28.5 Å². The van der Waals surface area contributed by atoms with E-state index in [4.69, 9.17) is 0 Å². The highest BCUT2D eigenvalue weighted by Crippen LogP contribution is 2.26. The molecule has 4 heteroatoms. The number of aromatic nitrogens is 1. The van der Waals surface area contributed by atoms with E-state index in [0.29, 0.717) is 6.04 Å². The van der Waals surface area contributed by atoms with E-state index in [1.54, 1.807) is 0 Å². The monoisotopic (exact) mass is 297 g/mol. The van der Waals surface area contributed by atoms with Gasteiger partial charge in [-0.2, -0.15) is 0 Å². The second kappa shape index (κ2) is 5.94. The van der Waals surface area contributed by atoms with Crippen LogP contribution in [0.2, 0.25) is 0 Å². The predicted molar refractivity (Wildman–Crippen MR) is 73.9 cm³/mol. The lowest BCUT2D eigenvalue weighted by Gasteiger charge is -2.24. The van der Waals surface area contributed by atoms with Crippen LogP contribution in [-0.4, -0.2) is 35.6 Å². The van der Waals surface area contributed by atoms with E-state index < -0.39 is 0 Å². The standard InChI is InChI=1S/C13H20BrN3/c1-10(17(2)13-3-4-13)6-15-7-11-5-12(14)9-16-8-11/h5,8-10,13,15H,3-4,6-7H2,1-2H3. The van der Waals surface area contributed by atoms with Crippen LogP contribution in [-0.2, 0) is 6.54 Å². The Hall–Kier alpha value is -0.450. The Bertz CT molecular complexity index is 365. The molecular weight excluding hydrogens is 278 g/mol. The average Bonchev–Trinajstić information content (AvgIpc) is 3.12. The van der Waals surface area contributed by atoms with Crippen LogP contribution in [0.25, 0.3) is 0 Å². The Morgan fingerprint density at radius 3 is 2.94 bits per heavy atom. The molecule has 0 amide bonds. The minimum atomic E-state index is 0.600. The molecule has 0 bridgehead atoms. The van der Waals surface area contributed by atoms with Crippen LogP contribution >= 0.6 is 15.9 Å². The quantitative estimate of drug-likeness (QED) is 0.874. The number of nitrogens with one attached hydrogen (secondary N) is 1. The van der Waals surface area contributed by atoms with Crippen LogP contribution in [0, 0.1) is 0 Å². The zero-order valence-corrected chi connectivity index (χ0v) is 12.1. The number of halogens is 1. The first-order chi connectivity index (χ1) is 8.16. The highest BCUT2D eigenvalue weighted by molar-refractivity contribution is 9.10. The zero-order chi connectivity index (χ0) is 12.3. The molecule has 1 aromatic heterocycles. The SMILES string of the molecule is CC(CNCc1cncc(Br)c1)N(C)C1CC1. The van der Waals surface area contributed by atoms with E-state index in [2.05, 4.69) is 51.2 Å². The van der Waals surface area contributed by atoms with Crippen molar-refractivity contribution in [1.29, 1.82) is 0 Å². The van der Waals surface area contributed by atoms with Crippen LogP contribution < -0.4 is 5.32 Å². The predicted octanol–water partition coefficient (Wildman–Crippen LogP) is 2.42. The van der Waals surface area contributed by atoms with Gasteiger partial charge in [-0.1, -0.05) is 0 Å². The molecule has 1 heterocycles. The van der Waals surface area contributed by atoms with E-state index in [-0.39, 0.29) is 0 Å². The average molecular weight is 298 g/mol. The van der Waals surface area contributed by atoms with Gasteiger partial charge in [-0.15, -0.1) is 0 Å². The summed E-state index contributed by atoms with van der Waals surface area (Å²) in [5, 5.41) is 3.49. The van der Waals surface area contributed by atoms with E-state index in [0.717, 1.165) is 23.6 Å². The number of hydrogen-bond acceptors (Lipinski definition) is 3. The van der Waals surface area contributed by atoms with Gasteiger partial charge in [-0.25, -0.2) is 0 Å². The fourth-order valence-corrected chi connectivity index (χ4v) is 2.38. The van der Waals surface area contributed by atoms with Gasteiger partial charge in [0.15, 0.2) is 0 Å². The Balaban J connectivity index is 1.71. The molecule has 0 saturated heterocycles. The number of pyridine rings is 1. The second-order valence-corrected chi connectivity index (χ2v) is 5.80. The first kappa shape index (κ1) is 13.0. The molecule has 1 aliphatic rings. The summed E-state index contributed by atoms with van der Waals surface area (Å²) in [6.45, 7) is 4.19. The van der Waals surface area contributed by atoms with Gasteiger partial charge in [0.05, 0.1) is 0 Å². The minimum absolute atomic E-state index is 0.600. The molecule has 2 rings (SSSR count). The van der Waals surface area contributed by atoms with Crippen molar-refractivity contribution in [2.45, 2.75) is 38.4 Å². The summed E-state index contributed by atoms with van der Waals surface area (Å²) in [6, 6.07) is 3.54. The third-order valence-electron chi connectivity index (χ3n) is 3.35. The summed E-state index contributed by atoms with van der Waals surface area (Å²) in [6.07, 6.45) is 6.47. The molecule has 1 aliphatic carbocycles. The van der Waals surface area contributed by atoms with Crippen LogP contribution in [0.1, 0.15) is 25.3 Å². The van der Waals surface area contributed by atoms with Gasteiger partial charge in [-0.3, -0.25) is 9.88 Å². The molecule has 1 atom stereocenters. The van der Waals surface area contributed by atoms with Crippen molar-refractivity contribution in [2.75, 3.05) is 13.6 Å². The lowest BCUT2D eigenvalue weighted by Crippen LogP contribution is -2.38. The fourth-order valence-electron chi connectivity index (χ4n) is 1.96. The zero-order valence-electron chi connectivity index (χ0n) is 10.5. The summed E-state index contributed by atoms with van der Waals surface area (Å²) < 4.78 is 1.04. The molecule has 0 aliphatic heterocycles. The molecule has 1 aromatic rings. The van der Waals surface area contributed by atoms with Gasteiger partial charge >= 0.3 is 0 Å². The Kier molecular flexibility index (Phi) is 4.54. The molecule has 0 spiro atoms. The second-order valence-electron chi connectivity index (χ2n) is 4.89. The molecule has 1 fully saturated rings. The van der Waals surface area contributed by atoms with Crippen molar-refractivity contribution < 1.29 is 0 Å². The Morgan fingerprint density at radius 2 is 2.29 bits per heavy atom. The largest absolute Gasteiger partial charge is 0.311 e. The number of rotatable bonds is 6. The molecule has 1 N–H and O–H groups in total. The van der Waals surface area contributed by atoms with Crippen molar-refractivity contribution >= 4 is 15.9 Å². The molecule has 1 saturated carbocycles. The molecule has 94 valence electrons. The summed E-state index contributed by atoms with van der Waals surface area (Å²) in [7, 11) is 2.23. The minimum Gasteiger partial charge on any atom is -0.311 e. The summed E-state index contributed by atoms with van der Waals surface area (Å²) >= 11 is 3.44. The molecule has 0 radical (unpaired) electrons. The first-order valence-electron chi connectivity index (χ1n) is 6.19. The van der Waals surface area contributed by atoms with Crippen molar-refractivity contribution in [1.82, 2.24) is 15.2 Å². The van der Waals surface area contributed by atoms with Crippen molar-refractivity contribution in [3.8, 4) is 0 Å². The summed E-state index contributed by atoms with van der Waals surface area (Å²) in [5.41, 5.74) is 1.22. The summed E-state index contributed by atoms with van der Waals surface area (Å²) in [4.78, 5) is 6.64. The fraction of sp³-hybridized carbons (Fsp3) is 0.615.